The minimum absolute atomic E-state index is 0.00754. The fourth-order valence-corrected chi connectivity index (χ4v) is 8.32. The van der Waals surface area contributed by atoms with Crippen molar-refractivity contribution in [1.29, 1.82) is 0 Å². The summed E-state index contributed by atoms with van der Waals surface area (Å²) >= 11 is 0. The first-order valence-corrected chi connectivity index (χ1v) is 19.6. The standard InChI is InChI=1S/C37H45N7O10S/c1-41(2)18-26-29(45)16-21(17-30(26)54-4)24-19-42(3)34(48)25-20-43(13-10-22(24)25)37(51)39-12-15-55(52,53)14-11-38-27-7-5-6-23-32(27)36(50)44(35(23)49)28-8-9-31(46)40-33(28)47/h5-7,16-17,19,28,31,38,45-46H,8-15,18,20H2,1-4H3,(H,39,51)(H,40,47). The highest BCUT2D eigenvalue weighted by Gasteiger charge is 2.45. The van der Waals surface area contributed by atoms with Crippen LogP contribution in [0.4, 0.5) is 10.5 Å². The summed E-state index contributed by atoms with van der Waals surface area (Å²) in [6.45, 7) is 0.460. The molecule has 2 unspecified atom stereocenters. The predicted octanol–water partition coefficient (Wildman–Crippen LogP) is 0.616. The van der Waals surface area contributed by atoms with E-state index in [2.05, 4.69) is 16.0 Å². The number of hydrogen-bond acceptors (Lipinski definition) is 12. The Morgan fingerprint density at radius 2 is 1.78 bits per heavy atom. The molecule has 0 aliphatic carbocycles. The number of aliphatic hydroxyl groups is 1. The number of rotatable bonds is 12. The molecule has 4 heterocycles. The average molecular weight is 780 g/mol. The van der Waals surface area contributed by atoms with Gasteiger partial charge in [-0.2, -0.15) is 0 Å². The molecular formula is C37H45N7O10S. The zero-order valence-electron chi connectivity index (χ0n) is 31.0. The SMILES string of the molecule is COc1cc(-c2cn(C)c(=O)c3c2CCN(C(=O)NCCS(=O)(=O)CCNc2cccc4c2C(=O)N(C2CCC(O)NC2=O)C4=O)C3)cc(O)c1CN(C)C. The van der Waals surface area contributed by atoms with Gasteiger partial charge in [0.05, 0.1) is 36.3 Å². The molecule has 3 aliphatic heterocycles. The molecule has 1 saturated heterocycles. The van der Waals surface area contributed by atoms with Crippen molar-refractivity contribution in [2.75, 3.05) is 57.7 Å². The lowest BCUT2D eigenvalue weighted by Crippen LogP contribution is -2.55. The van der Waals surface area contributed by atoms with E-state index >= 15 is 0 Å². The van der Waals surface area contributed by atoms with E-state index in [0.29, 0.717) is 35.4 Å². The van der Waals surface area contributed by atoms with Crippen molar-refractivity contribution in [2.24, 2.45) is 7.05 Å². The molecule has 3 aromatic rings. The average Bonchev–Trinajstić information content (AvgIpc) is 3.39. The van der Waals surface area contributed by atoms with Gasteiger partial charge in [-0.1, -0.05) is 6.07 Å². The fourth-order valence-electron chi connectivity index (χ4n) is 7.29. The molecule has 1 fully saturated rings. The third kappa shape index (κ3) is 8.01. The van der Waals surface area contributed by atoms with Crippen molar-refractivity contribution in [1.82, 2.24) is 29.9 Å². The van der Waals surface area contributed by atoms with Crippen molar-refractivity contribution in [3.8, 4) is 22.6 Å². The Labute approximate surface area is 317 Å². The molecule has 2 aromatic carbocycles. The van der Waals surface area contributed by atoms with Gasteiger partial charge in [-0.25, -0.2) is 13.2 Å². The molecule has 6 rings (SSSR count). The summed E-state index contributed by atoms with van der Waals surface area (Å²) in [6.07, 6.45) is 1.29. The van der Waals surface area contributed by atoms with Gasteiger partial charge in [0.2, 0.25) is 5.91 Å². The summed E-state index contributed by atoms with van der Waals surface area (Å²) in [4.78, 5) is 69.6. The Bertz CT molecular complexity index is 2220. The minimum atomic E-state index is -3.69. The molecular weight excluding hydrogens is 735 g/mol. The molecule has 0 spiro atoms. The van der Waals surface area contributed by atoms with Crippen LogP contribution in [0.5, 0.6) is 11.5 Å². The zero-order chi connectivity index (χ0) is 39.8. The van der Waals surface area contributed by atoms with Crippen molar-refractivity contribution >= 4 is 39.3 Å². The molecule has 2 atom stereocenters. The number of carbonyl (C=O) groups is 4. The molecule has 5 N–H and O–H groups in total. The quantitative estimate of drug-likeness (QED) is 0.160. The van der Waals surface area contributed by atoms with Crippen molar-refractivity contribution in [3.05, 3.63) is 74.7 Å². The second-order valence-electron chi connectivity index (χ2n) is 14.1. The van der Waals surface area contributed by atoms with Crippen LogP contribution in [0.15, 0.2) is 41.3 Å². The number of sulfone groups is 1. The minimum Gasteiger partial charge on any atom is -0.507 e. The van der Waals surface area contributed by atoms with E-state index in [1.807, 2.05) is 25.1 Å². The summed E-state index contributed by atoms with van der Waals surface area (Å²) in [6, 6.07) is 6.42. The van der Waals surface area contributed by atoms with E-state index in [0.717, 1.165) is 16.0 Å². The largest absolute Gasteiger partial charge is 0.507 e. The number of piperidine rings is 1. The molecule has 17 nitrogen and oxygen atoms in total. The van der Waals surface area contributed by atoms with Crippen molar-refractivity contribution < 1.29 is 42.5 Å². The Morgan fingerprint density at radius 3 is 2.49 bits per heavy atom. The van der Waals surface area contributed by atoms with Gasteiger partial charge in [-0.3, -0.25) is 24.1 Å². The Morgan fingerprint density at radius 1 is 1.04 bits per heavy atom. The van der Waals surface area contributed by atoms with Gasteiger partial charge in [-0.05, 0) is 68.8 Å². The number of amides is 5. The maximum atomic E-state index is 13.3. The fraction of sp³-hybridized carbons (Fsp3) is 0.432. The highest BCUT2D eigenvalue weighted by molar-refractivity contribution is 7.91. The number of nitrogens with one attached hydrogen (secondary N) is 3. The number of methoxy groups -OCH3 is 1. The number of carbonyl (C=O) groups excluding carboxylic acids is 4. The molecule has 0 radical (unpaired) electrons. The van der Waals surface area contributed by atoms with Crippen LogP contribution < -0.4 is 26.2 Å². The van der Waals surface area contributed by atoms with Gasteiger partial charge in [0.15, 0.2) is 9.84 Å². The number of aliphatic hydroxyl groups excluding tert-OH is 1. The van der Waals surface area contributed by atoms with Crippen molar-refractivity contribution in [3.63, 3.8) is 0 Å². The third-order valence-electron chi connectivity index (χ3n) is 10.1. The molecule has 18 heteroatoms. The number of benzene rings is 2. The second kappa shape index (κ2) is 15.7. The Kier molecular flexibility index (Phi) is 11.2. The predicted molar refractivity (Wildman–Crippen MR) is 201 cm³/mol. The number of nitrogens with zero attached hydrogens (tertiary/aromatic N) is 4. The van der Waals surface area contributed by atoms with Crippen LogP contribution in [0, 0.1) is 0 Å². The van der Waals surface area contributed by atoms with Crippen LogP contribution >= 0.6 is 0 Å². The molecule has 55 heavy (non-hydrogen) atoms. The van der Waals surface area contributed by atoms with Crippen LogP contribution in [-0.4, -0.2) is 126 Å². The summed E-state index contributed by atoms with van der Waals surface area (Å²) < 4.78 is 32.9. The highest BCUT2D eigenvalue weighted by atomic mass is 32.2. The number of imide groups is 1. The summed E-state index contributed by atoms with van der Waals surface area (Å²) in [5, 5.41) is 28.5. The molecule has 1 aromatic heterocycles. The van der Waals surface area contributed by atoms with Crippen LogP contribution in [0.3, 0.4) is 0 Å². The first-order chi connectivity index (χ1) is 26.1. The van der Waals surface area contributed by atoms with Gasteiger partial charge in [0.1, 0.15) is 23.8 Å². The number of anilines is 1. The van der Waals surface area contributed by atoms with Crippen LogP contribution in [0.2, 0.25) is 0 Å². The number of aromatic hydroxyl groups is 1. The van der Waals surface area contributed by atoms with E-state index in [4.69, 9.17) is 4.74 Å². The summed E-state index contributed by atoms with van der Waals surface area (Å²) in [5.41, 5.74) is 3.30. The van der Waals surface area contributed by atoms with Crippen LogP contribution in [0.1, 0.15) is 50.2 Å². The van der Waals surface area contributed by atoms with Crippen molar-refractivity contribution in [2.45, 2.75) is 44.6 Å². The number of hydrogen-bond donors (Lipinski definition) is 5. The first-order valence-electron chi connectivity index (χ1n) is 17.8. The van der Waals surface area contributed by atoms with E-state index in [-0.39, 0.29) is 78.6 Å². The third-order valence-corrected chi connectivity index (χ3v) is 11.7. The lowest BCUT2D eigenvalue weighted by molar-refractivity contribution is -0.131. The number of fused-ring (bicyclic) bond motifs is 2. The number of aryl methyl sites for hydroxylation is 1. The summed E-state index contributed by atoms with van der Waals surface area (Å²) in [7, 11) is 3.21. The number of aromatic nitrogens is 1. The molecule has 294 valence electrons. The Balaban J connectivity index is 1.05. The monoisotopic (exact) mass is 779 g/mol. The van der Waals surface area contributed by atoms with Crippen LogP contribution in [0.25, 0.3) is 11.1 Å². The summed E-state index contributed by atoms with van der Waals surface area (Å²) in [5.74, 6) is -2.11. The van der Waals surface area contributed by atoms with E-state index < -0.39 is 45.9 Å². The molecule has 0 bridgehead atoms. The number of phenolic OH excluding ortho intramolecular Hbond substituents is 1. The molecule has 5 amide bonds. The second-order valence-corrected chi connectivity index (χ2v) is 16.4. The van der Waals surface area contributed by atoms with E-state index in [1.165, 1.54) is 22.6 Å². The maximum absolute atomic E-state index is 13.3. The van der Waals surface area contributed by atoms with Gasteiger partial charge in [0, 0.05) is 61.8 Å². The number of urea groups is 1. The molecule has 3 aliphatic rings. The van der Waals surface area contributed by atoms with E-state index in [1.54, 1.807) is 31.4 Å². The Hall–Kier alpha value is -5.46. The smallest absolute Gasteiger partial charge is 0.317 e. The lowest BCUT2D eigenvalue weighted by atomic mass is 9.91. The van der Waals surface area contributed by atoms with Gasteiger partial charge < -0.3 is 45.3 Å². The zero-order valence-corrected chi connectivity index (χ0v) is 31.9. The normalized spacial score (nSPS) is 18.3. The first kappa shape index (κ1) is 39.2. The van der Waals surface area contributed by atoms with Gasteiger partial charge in [-0.15, -0.1) is 0 Å². The number of pyridine rings is 1. The van der Waals surface area contributed by atoms with Gasteiger partial charge >= 0.3 is 6.03 Å². The number of ether oxygens (including phenoxy) is 1. The van der Waals surface area contributed by atoms with E-state index in [9.17, 15) is 42.6 Å². The maximum Gasteiger partial charge on any atom is 0.317 e. The highest BCUT2D eigenvalue weighted by Crippen LogP contribution is 2.38. The topological polar surface area (TPSA) is 220 Å². The lowest BCUT2D eigenvalue weighted by Gasteiger charge is -2.31. The number of phenols is 1. The van der Waals surface area contributed by atoms with Gasteiger partial charge in [0.25, 0.3) is 17.4 Å². The molecule has 0 saturated carbocycles. The van der Waals surface area contributed by atoms with Crippen LogP contribution in [-0.2, 0) is 41.2 Å².